The number of alkyl halides is 10. The van der Waals surface area contributed by atoms with Gasteiger partial charge in [-0.2, -0.15) is 43.9 Å². The van der Waals surface area contributed by atoms with Gasteiger partial charge in [0.2, 0.25) is 0 Å². The highest BCUT2D eigenvalue weighted by atomic mass is 19.4. The Morgan fingerprint density at radius 3 is 1.68 bits per heavy atom. The van der Waals surface area contributed by atoms with Crippen LogP contribution < -0.4 is 4.90 Å². The van der Waals surface area contributed by atoms with Crippen LogP contribution in [0.5, 0.6) is 0 Å². The summed E-state index contributed by atoms with van der Waals surface area (Å²) < 4.78 is 170. The van der Waals surface area contributed by atoms with Gasteiger partial charge in [0.05, 0.1) is 5.69 Å². The Morgan fingerprint density at radius 2 is 1.29 bits per heavy atom. The molecule has 0 amide bonds. The van der Waals surface area contributed by atoms with Gasteiger partial charge in [0.1, 0.15) is 5.56 Å². The Bertz CT molecular complexity index is 705. The first-order valence-electron chi connectivity index (χ1n) is 7.25. The van der Waals surface area contributed by atoms with E-state index in [1.807, 2.05) is 0 Å². The van der Waals surface area contributed by atoms with Gasteiger partial charge in [-0.1, -0.05) is 13.3 Å². The highest BCUT2D eigenvalue weighted by molar-refractivity contribution is 5.54. The molecular formula is C14H10F13N. The molecular weight excluding hydrogens is 429 g/mol. The molecule has 1 aromatic carbocycles. The molecule has 14 heteroatoms. The summed E-state index contributed by atoms with van der Waals surface area (Å²) in [5, 5.41) is 0. The number of rotatable bonds is 6. The van der Waals surface area contributed by atoms with E-state index < -0.39 is 77.0 Å². The van der Waals surface area contributed by atoms with E-state index in [0.29, 0.717) is 0 Å². The fraction of sp³-hybridized carbons (Fsp3) is 0.571. The zero-order valence-corrected chi connectivity index (χ0v) is 13.6. The van der Waals surface area contributed by atoms with Crippen LogP contribution in [0.2, 0.25) is 0 Å². The number of hydrogen-bond acceptors (Lipinski definition) is 1. The molecule has 1 nitrogen and oxygen atoms in total. The van der Waals surface area contributed by atoms with Crippen LogP contribution in [0.25, 0.3) is 0 Å². The predicted molar refractivity (Wildman–Crippen MR) is 69.5 cm³/mol. The van der Waals surface area contributed by atoms with E-state index in [2.05, 4.69) is 0 Å². The summed E-state index contributed by atoms with van der Waals surface area (Å²) in [6.07, 6.45) is -13.8. The van der Waals surface area contributed by atoms with Gasteiger partial charge in [-0.25, -0.2) is 13.2 Å². The van der Waals surface area contributed by atoms with Gasteiger partial charge in [-0.05, 0) is 6.42 Å². The SMILES string of the molecule is CCCCN(c1cc(F)c(F)c(C(F)(F)C(F)(F)F)c1F)C(F)(F)C(F)(F)F. The zero-order chi connectivity index (χ0) is 22.3. The van der Waals surface area contributed by atoms with E-state index in [1.165, 1.54) is 6.92 Å². The summed E-state index contributed by atoms with van der Waals surface area (Å²) in [4.78, 5) is -1.23. The first kappa shape index (κ1) is 24.1. The average Bonchev–Trinajstić information content (AvgIpc) is 2.50. The standard InChI is InChI=1S/C14H10F13N/c1-2-3-4-28(14(26,27)13(23,24)25)7-5-6(15)9(16)8(10(7)17)11(18,19)12(20,21)22/h5H,2-4H2,1H3. The van der Waals surface area contributed by atoms with Crippen molar-refractivity contribution < 1.29 is 57.1 Å². The molecule has 0 atom stereocenters. The van der Waals surface area contributed by atoms with E-state index in [4.69, 9.17) is 0 Å². The van der Waals surface area contributed by atoms with Crippen molar-refractivity contribution in [2.24, 2.45) is 0 Å². The largest absolute Gasteiger partial charge is 0.475 e. The molecule has 0 aromatic heterocycles. The first-order chi connectivity index (χ1) is 12.4. The Kier molecular flexibility index (Phi) is 6.47. The molecule has 0 fully saturated rings. The maximum absolute atomic E-state index is 14.2. The lowest BCUT2D eigenvalue weighted by atomic mass is 10.0. The maximum Gasteiger partial charge on any atom is 0.475 e. The van der Waals surface area contributed by atoms with Crippen molar-refractivity contribution in [1.29, 1.82) is 0 Å². The number of halogens is 13. The van der Waals surface area contributed by atoms with Crippen molar-refractivity contribution in [3.05, 3.63) is 29.1 Å². The molecule has 0 aliphatic heterocycles. The minimum atomic E-state index is -6.69. The minimum absolute atomic E-state index is 0.0959. The topological polar surface area (TPSA) is 3.24 Å². The third-order valence-corrected chi connectivity index (χ3v) is 3.51. The summed E-state index contributed by atoms with van der Waals surface area (Å²) in [6.45, 7) is -0.142. The van der Waals surface area contributed by atoms with Crippen LogP contribution in [-0.2, 0) is 5.92 Å². The quantitative estimate of drug-likeness (QED) is 0.277. The molecule has 162 valence electrons. The van der Waals surface area contributed by atoms with Crippen molar-refractivity contribution in [1.82, 2.24) is 0 Å². The monoisotopic (exact) mass is 439 g/mol. The molecule has 0 aliphatic rings. The van der Waals surface area contributed by atoms with E-state index >= 15 is 0 Å². The minimum Gasteiger partial charge on any atom is -0.303 e. The average molecular weight is 439 g/mol. The Morgan fingerprint density at radius 1 is 0.786 bits per heavy atom. The smallest absolute Gasteiger partial charge is 0.303 e. The normalized spacial score (nSPS) is 13.8. The molecule has 0 saturated heterocycles. The number of unbranched alkanes of at least 4 members (excludes halogenated alkanes) is 1. The van der Waals surface area contributed by atoms with Crippen molar-refractivity contribution in [2.75, 3.05) is 11.4 Å². The molecule has 0 saturated carbocycles. The Hall–Kier alpha value is -1.89. The molecule has 28 heavy (non-hydrogen) atoms. The fourth-order valence-corrected chi connectivity index (χ4v) is 2.09. The Balaban J connectivity index is 3.84. The van der Waals surface area contributed by atoms with Crippen LogP contribution in [0.3, 0.4) is 0 Å². The highest BCUT2D eigenvalue weighted by Crippen LogP contribution is 2.49. The summed E-state index contributed by atoms with van der Waals surface area (Å²) >= 11 is 0. The molecule has 1 rings (SSSR count). The number of hydrogen-bond donors (Lipinski definition) is 0. The van der Waals surface area contributed by atoms with Crippen molar-refractivity contribution >= 4 is 5.69 Å². The summed E-state index contributed by atoms with van der Waals surface area (Å²) in [5.41, 5.74) is -5.62. The maximum atomic E-state index is 14.2. The third kappa shape index (κ3) is 4.09. The number of benzene rings is 1. The lowest BCUT2D eigenvalue weighted by Gasteiger charge is -2.35. The van der Waals surface area contributed by atoms with Crippen molar-refractivity contribution in [3.63, 3.8) is 0 Å². The molecule has 0 bridgehead atoms. The lowest BCUT2D eigenvalue weighted by Crippen LogP contribution is -2.53. The van der Waals surface area contributed by atoms with Crippen LogP contribution in [-0.4, -0.2) is 24.9 Å². The summed E-state index contributed by atoms with van der Waals surface area (Å²) in [7, 11) is 0. The predicted octanol–water partition coefficient (Wildman–Crippen LogP) is 6.52. The highest BCUT2D eigenvalue weighted by Gasteiger charge is 2.64. The molecule has 0 heterocycles. The van der Waals surface area contributed by atoms with Crippen LogP contribution in [0.15, 0.2) is 6.07 Å². The number of anilines is 1. The molecule has 1 aromatic rings. The van der Waals surface area contributed by atoms with E-state index in [-0.39, 0.29) is 6.42 Å². The lowest BCUT2D eigenvalue weighted by molar-refractivity contribution is -0.291. The van der Waals surface area contributed by atoms with Crippen LogP contribution in [0.4, 0.5) is 62.8 Å². The van der Waals surface area contributed by atoms with Crippen molar-refractivity contribution in [2.45, 2.75) is 44.1 Å². The van der Waals surface area contributed by atoms with Gasteiger partial charge >= 0.3 is 24.3 Å². The van der Waals surface area contributed by atoms with Gasteiger partial charge < -0.3 is 4.90 Å². The van der Waals surface area contributed by atoms with Crippen LogP contribution in [0, 0.1) is 17.5 Å². The second kappa shape index (κ2) is 7.50. The van der Waals surface area contributed by atoms with Gasteiger partial charge in [0.25, 0.3) is 0 Å². The van der Waals surface area contributed by atoms with Crippen LogP contribution >= 0.6 is 0 Å². The van der Waals surface area contributed by atoms with Gasteiger partial charge in [-0.3, -0.25) is 0 Å². The second-order valence-electron chi connectivity index (χ2n) is 5.50. The zero-order valence-electron chi connectivity index (χ0n) is 13.6. The molecule has 0 spiro atoms. The molecule has 0 unspecified atom stereocenters. The summed E-state index contributed by atoms with van der Waals surface area (Å²) in [6, 6.07) is -6.63. The summed E-state index contributed by atoms with van der Waals surface area (Å²) in [5.74, 6) is -15.3. The second-order valence-corrected chi connectivity index (χ2v) is 5.50. The van der Waals surface area contributed by atoms with Gasteiger partial charge in [-0.15, -0.1) is 0 Å². The van der Waals surface area contributed by atoms with Crippen molar-refractivity contribution in [3.8, 4) is 0 Å². The van der Waals surface area contributed by atoms with E-state index in [9.17, 15) is 57.1 Å². The van der Waals surface area contributed by atoms with Gasteiger partial charge in [0.15, 0.2) is 17.5 Å². The third-order valence-electron chi connectivity index (χ3n) is 3.51. The Labute approximate surface area is 148 Å². The first-order valence-corrected chi connectivity index (χ1v) is 7.25. The van der Waals surface area contributed by atoms with E-state index in [1.54, 1.807) is 0 Å². The molecule has 0 aliphatic carbocycles. The van der Waals surface area contributed by atoms with Crippen LogP contribution in [0.1, 0.15) is 25.3 Å². The fourth-order valence-electron chi connectivity index (χ4n) is 2.09. The number of nitrogens with zero attached hydrogens (tertiary/aromatic N) is 1. The molecule has 0 radical (unpaired) electrons. The molecule has 0 N–H and O–H groups in total. The van der Waals surface area contributed by atoms with E-state index in [0.717, 1.165) is 0 Å². The van der Waals surface area contributed by atoms with Gasteiger partial charge in [0, 0.05) is 12.6 Å².